The molecule has 4 heteroatoms. The van der Waals surface area contributed by atoms with Gasteiger partial charge in [-0.05, 0) is 6.07 Å². The van der Waals surface area contributed by atoms with Gasteiger partial charge < -0.3 is 4.90 Å². The summed E-state index contributed by atoms with van der Waals surface area (Å²) in [5.41, 5.74) is 3.42. The van der Waals surface area contributed by atoms with Crippen LogP contribution in [-0.4, -0.2) is 19.3 Å². The average molecular weight is 235 g/mol. The highest BCUT2D eigenvalue weighted by atomic mass is 32.2. The van der Waals surface area contributed by atoms with E-state index in [2.05, 4.69) is 31.1 Å². The number of nitriles is 1. The number of hydrogen-bond acceptors (Lipinski definition) is 2. The lowest BCUT2D eigenvalue weighted by atomic mass is 10.0. The molecule has 1 aliphatic heterocycles. The van der Waals surface area contributed by atoms with Crippen LogP contribution in [0.25, 0.3) is 0 Å². The third-order valence-electron chi connectivity index (χ3n) is 2.92. The predicted octanol–water partition coefficient (Wildman–Crippen LogP) is 0.0552. The predicted molar refractivity (Wildman–Crippen MR) is 63.3 cm³/mol. The van der Waals surface area contributed by atoms with E-state index in [1.165, 1.54) is 22.7 Å². The van der Waals surface area contributed by atoms with Crippen LogP contribution in [0.15, 0.2) is 11.1 Å². The van der Waals surface area contributed by atoms with E-state index >= 15 is 0 Å². The maximum absolute atomic E-state index is 9.12. The normalized spacial score (nSPS) is 18.9. The number of quaternary nitrogens is 1. The van der Waals surface area contributed by atoms with E-state index in [1.54, 1.807) is 11.8 Å². The minimum absolute atomic E-state index is 0.792. The highest BCUT2D eigenvalue weighted by Crippen LogP contribution is 2.19. The average Bonchev–Trinajstić information content (AvgIpc) is 2.29. The van der Waals surface area contributed by atoms with E-state index in [4.69, 9.17) is 5.26 Å². The van der Waals surface area contributed by atoms with Crippen LogP contribution < -0.4 is 9.88 Å². The Morgan fingerprint density at radius 1 is 1.62 bits per heavy atom. The van der Waals surface area contributed by atoms with Crippen LogP contribution >= 0.6 is 11.8 Å². The Kier molecular flexibility index (Phi) is 3.47. The van der Waals surface area contributed by atoms with Crippen LogP contribution in [0.1, 0.15) is 23.7 Å². The van der Waals surface area contributed by atoms with Gasteiger partial charge in [-0.2, -0.15) is 5.26 Å². The highest BCUT2D eigenvalue weighted by Gasteiger charge is 2.25. The van der Waals surface area contributed by atoms with Gasteiger partial charge in [-0.3, -0.25) is 0 Å². The monoisotopic (exact) mass is 235 g/mol. The molecule has 16 heavy (non-hydrogen) atoms. The zero-order valence-electron chi connectivity index (χ0n) is 9.76. The Labute approximate surface area is 100 Å². The fourth-order valence-electron chi connectivity index (χ4n) is 2.09. The van der Waals surface area contributed by atoms with Gasteiger partial charge in [0.1, 0.15) is 18.2 Å². The van der Waals surface area contributed by atoms with E-state index in [0.29, 0.717) is 0 Å². The highest BCUT2D eigenvalue weighted by molar-refractivity contribution is 7.99. The Morgan fingerprint density at radius 3 is 3.12 bits per heavy atom. The molecule has 84 valence electrons. The Hall–Kier alpha value is -1.05. The minimum atomic E-state index is 0.792. The summed E-state index contributed by atoms with van der Waals surface area (Å²) in [5, 5.41) is 10.2. The number of pyridine rings is 1. The number of nitrogens with one attached hydrogen (secondary N) is 2. The molecule has 2 heterocycles. The largest absolute Gasteiger partial charge is 0.333 e. The lowest BCUT2D eigenvalue weighted by Gasteiger charge is -2.19. The molecular weight excluding hydrogens is 218 g/mol. The topological polar surface area (TPSA) is 42.4 Å². The maximum atomic E-state index is 9.12. The lowest BCUT2D eigenvalue weighted by molar-refractivity contribution is -0.897. The van der Waals surface area contributed by atoms with Gasteiger partial charge in [-0.25, -0.2) is 4.98 Å². The molecule has 0 saturated heterocycles. The number of aromatic amines is 1. The molecule has 0 fully saturated rings. The van der Waals surface area contributed by atoms with E-state index in [1.807, 2.05) is 0 Å². The van der Waals surface area contributed by atoms with Crippen molar-refractivity contribution in [2.45, 2.75) is 24.9 Å². The number of likely N-dealkylation sites (N-methyl/N-ethyl adjacent to an activating group) is 1. The first-order chi connectivity index (χ1) is 7.74. The van der Waals surface area contributed by atoms with Crippen molar-refractivity contribution in [3.8, 4) is 6.07 Å². The van der Waals surface area contributed by atoms with Gasteiger partial charge in [0.25, 0.3) is 5.03 Å². The van der Waals surface area contributed by atoms with Crippen molar-refractivity contribution in [1.82, 2.24) is 0 Å². The molecule has 0 aromatic carbocycles. The molecule has 2 N–H and O–H groups in total. The fourth-order valence-corrected chi connectivity index (χ4v) is 2.83. The number of rotatable bonds is 2. The molecule has 1 unspecified atom stereocenters. The maximum Gasteiger partial charge on any atom is 0.256 e. The van der Waals surface area contributed by atoms with Crippen molar-refractivity contribution in [3.05, 3.63) is 22.9 Å². The van der Waals surface area contributed by atoms with Crippen LogP contribution in [-0.2, 0) is 13.0 Å². The third kappa shape index (κ3) is 2.21. The van der Waals surface area contributed by atoms with Crippen LogP contribution in [0.2, 0.25) is 0 Å². The third-order valence-corrected chi connectivity index (χ3v) is 3.82. The molecule has 1 aromatic heterocycles. The van der Waals surface area contributed by atoms with Gasteiger partial charge in [0.15, 0.2) is 5.69 Å². The van der Waals surface area contributed by atoms with Crippen molar-refractivity contribution in [3.63, 3.8) is 0 Å². The number of nitrogens with zero attached hydrogens (tertiary/aromatic N) is 1. The molecule has 3 nitrogen and oxygen atoms in total. The van der Waals surface area contributed by atoms with Crippen molar-refractivity contribution >= 4 is 11.8 Å². The number of H-pyrrole nitrogens is 1. The summed E-state index contributed by atoms with van der Waals surface area (Å²) in [4.78, 5) is 4.95. The summed E-state index contributed by atoms with van der Waals surface area (Å²) in [5.74, 6) is 0.995. The van der Waals surface area contributed by atoms with E-state index in [0.717, 1.165) is 29.3 Å². The molecular formula is C12H17N3S+2. The van der Waals surface area contributed by atoms with Crippen LogP contribution in [0.5, 0.6) is 0 Å². The summed E-state index contributed by atoms with van der Waals surface area (Å²) in [7, 11) is 2.20. The Bertz CT molecular complexity index is 437. The molecule has 1 aliphatic rings. The molecule has 1 atom stereocenters. The van der Waals surface area contributed by atoms with Crippen LogP contribution in [0.3, 0.4) is 0 Å². The first kappa shape index (κ1) is 11.4. The van der Waals surface area contributed by atoms with Crippen molar-refractivity contribution in [1.29, 1.82) is 5.26 Å². The SMILES string of the molecule is CCSc1[nH+]c2c(cc1C#N)C[NH+](C)CC2. The van der Waals surface area contributed by atoms with Crippen LogP contribution in [0, 0.1) is 11.3 Å². The van der Waals surface area contributed by atoms with Gasteiger partial charge in [0.05, 0.1) is 25.6 Å². The summed E-state index contributed by atoms with van der Waals surface area (Å²) >= 11 is 1.72. The molecule has 0 radical (unpaired) electrons. The van der Waals surface area contributed by atoms with Gasteiger partial charge in [0, 0.05) is 5.75 Å². The summed E-state index contributed by atoms with van der Waals surface area (Å²) in [6.07, 6.45) is 1.09. The summed E-state index contributed by atoms with van der Waals surface area (Å²) in [6, 6.07) is 4.35. The molecule has 0 aliphatic carbocycles. The van der Waals surface area contributed by atoms with Crippen molar-refractivity contribution in [2.24, 2.45) is 0 Å². The first-order valence-corrected chi connectivity index (χ1v) is 6.65. The molecule has 0 spiro atoms. The number of aromatic nitrogens is 1. The zero-order valence-corrected chi connectivity index (χ0v) is 10.6. The first-order valence-electron chi connectivity index (χ1n) is 5.67. The molecule has 0 bridgehead atoms. The number of thioether (sulfide) groups is 1. The second-order valence-electron chi connectivity index (χ2n) is 4.19. The summed E-state index contributed by atoms with van der Waals surface area (Å²) in [6.45, 7) is 4.31. The fraction of sp³-hybridized carbons (Fsp3) is 0.500. The quantitative estimate of drug-likeness (QED) is 0.736. The molecule has 2 rings (SSSR count). The van der Waals surface area contributed by atoms with Gasteiger partial charge in [0.2, 0.25) is 0 Å². The van der Waals surface area contributed by atoms with Crippen LogP contribution in [0.4, 0.5) is 0 Å². The van der Waals surface area contributed by atoms with Gasteiger partial charge in [-0.15, -0.1) is 0 Å². The molecule has 1 aromatic rings. The number of fused-ring (bicyclic) bond motifs is 1. The van der Waals surface area contributed by atoms with Crippen molar-refractivity contribution in [2.75, 3.05) is 19.3 Å². The van der Waals surface area contributed by atoms with Gasteiger partial charge in [-0.1, -0.05) is 18.7 Å². The standard InChI is InChI=1S/C12H15N3S/c1-3-16-12-9(7-13)6-10-8-15(2)5-4-11(10)14-12/h6H,3-5,8H2,1-2H3/p+2. The van der Waals surface area contributed by atoms with Crippen molar-refractivity contribution < 1.29 is 9.88 Å². The summed E-state index contributed by atoms with van der Waals surface area (Å²) < 4.78 is 0. The minimum Gasteiger partial charge on any atom is -0.333 e. The second-order valence-corrected chi connectivity index (χ2v) is 5.47. The lowest BCUT2D eigenvalue weighted by Crippen LogP contribution is -3.08. The molecule has 0 saturated carbocycles. The molecule has 0 amide bonds. The smallest absolute Gasteiger partial charge is 0.256 e. The van der Waals surface area contributed by atoms with Gasteiger partial charge >= 0.3 is 0 Å². The van der Waals surface area contributed by atoms with E-state index < -0.39 is 0 Å². The Morgan fingerprint density at radius 2 is 2.44 bits per heavy atom. The second kappa shape index (κ2) is 4.86. The van der Waals surface area contributed by atoms with E-state index in [9.17, 15) is 0 Å². The number of hydrogen-bond donors (Lipinski definition) is 1. The Balaban J connectivity index is 2.41. The zero-order chi connectivity index (χ0) is 11.5. The van der Waals surface area contributed by atoms with E-state index in [-0.39, 0.29) is 0 Å².